The minimum atomic E-state index is -3.82. The first-order valence-electron chi connectivity index (χ1n) is 11.3. The van der Waals surface area contributed by atoms with Gasteiger partial charge in [0.1, 0.15) is 18.3 Å². The maximum absolute atomic E-state index is 13.6. The van der Waals surface area contributed by atoms with Gasteiger partial charge in [0.15, 0.2) is 0 Å². The third kappa shape index (κ3) is 7.21. The van der Waals surface area contributed by atoms with Gasteiger partial charge < -0.3 is 15.0 Å². The van der Waals surface area contributed by atoms with Crippen molar-refractivity contribution in [2.75, 3.05) is 30.8 Å². The zero-order valence-electron chi connectivity index (χ0n) is 20.6. The van der Waals surface area contributed by atoms with Crippen LogP contribution in [0.15, 0.2) is 48.5 Å². The standard InChI is InChI=1S/C25H35N3O5S/c1-6-7-16-26-25(30)20(3)27(17-21-13-9-8-12-19(21)2)24(29)18-28(34(5,31)32)22-14-10-11-15-23(22)33-4/h8-15,20H,6-7,16-18H2,1-5H3,(H,26,30). The molecule has 9 heteroatoms. The molecule has 0 radical (unpaired) electrons. The Bertz CT molecular complexity index is 1090. The number of carbonyl (C=O) groups is 2. The Morgan fingerprint density at radius 3 is 2.35 bits per heavy atom. The van der Waals surface area contributed by atoms with Crippen LogP contribution in [0.4, 0.5) is 5.69 Å². The van der Waals surface area contributed by atoms with E-state index in [1.165, 1.54) is 12.0 Å². The highest BCUT2D eigenvalue weighted by molar-refractivity contribution is 7.92. The Kier molecular flexibility index (Phi) is 9.92. The Morgan fingerprint density at radius 2 is 1.74 bits per heavy atom. The van der Waals surface area contributed by atoms with Crippen LogP contribution in [0.25, 0.3) is 0 Å². The lowest BCUT2D eigenvalue weighted by Gasteiger charge is -2.32. The highest BCUT2D eigenvalue weighted by atomic mass is 32.2. The van der Waals surface area contributed by atoms with Crippen molar-refractivity contribution >= 4 is 27.5 Å². The van der Waals surface area contributed by atoms with Gasteiger partial charge in [-0.25, -0.2) is 8.42 Å². The summed E-state index contributed by atoms with van der Waals surface area (Å²) in [6.07, 6.45) is 2.81. The lowest BCUT2D eigenvalue weighted by molar-refractivity contribution is -0.139. The minimum Gasteiger partial charge on any atom is -0.495 e. The lowest BCUT2D eigenvalue weighted by Crippen LogP contribution is -2.51. The van der Waals surface area contributed by atoms with Crippen LogP contribution in [0.1, 0.15) is 37.8 Å². The van der Waals surface area contributed by atoms with Gasteiger partial charge in [0.2, 0.25) is 21.8 Å². The van der Waals surface area contributed by atoms with Crippen LogP contribution in [-0.4, -0.2) is 57.6 Å². The first kappa shape index (κ1) is 27.2. The highest BCUT2D eigenvalue weighted by Crippen LogP contribution is 2.29. The lowest BCUT2D eigenvalue weighted by atomic mass is 10.1. The number of ether oxygens (including phenoxy) is 1. The average Bonchev–Trinajstić information content (AvgIpc) is 2.80. The Balaban J connectivity index is 2.40. The molecule has 0 saturated carbocycles. The molecular weight excluding hydrogens is 454 g/mol. The molecule has 0 aliphatic carbocycles. The number of sulfonamides is 1. The molecule has 0 saturated heterocycles. The fraction of sp³-hybridized carbons (Fsp3) is 0.440. The number of benzene rings is 2. The van der Waals surface area contributed by atoms with E-state index in [0.717, 1.165) is 34.5 Å². The number of anilines is 1. The zero-order valence-corrected chi connectivity index (χ0v) is 21.4. The van der Waals surface area contributed by atoms with Crippen LogP contribution >= 0.6 is 0 Å². The van der Waals surface area contributed by atoms with Crippen LogP contribution < -0.4 is 14.4 Å². The summed E-state index contributed by atoms with van der Waals surface area (Å²) in [7, 11) is -2.38. The number of aryl methyl sites for hydroxylation is 1. The molecule has 2 amide bonds. The molecule has 2 aromatic carbocycles. The molecular formula is C25H35N3O5S. The van der Waals surface area contributed by atoms with E-state index >= 15 is 0 Å². The molecule has 0 heterocycles. The molecule has 34 heavy (non-hydrogen) atoms. The zero-order chi connectivity index (χ0) is 25.3. The molecule has 0 spiro atoms. The van der Waals surface area contributed by atoms with E-state index in [0.29, 0.717) is 12.3 Å². The Labute approximate surface area is 202 Å². The first-order valence-corrected chi connectivity index (χ1v) is 13.2. The summed E-state index contributed by atoms with van der Waals surface area (Å²) < 4.78 is 31.7. The molecule has 8 nitrogen and oxygen atoms in total. The van der Waals surface area contributed by atoms with Crippen molar-refractivity contribution in [2.24, 2.45) is 0 Å². The predicted molar refractivity (Wildman–Crippen MR) is 134 cm³/mol. The second-order valence-electron chi connectivity index (χ2n) is 8.21. The van der Waals surface area contributed by atoms with Crippen molar-refractivity contribution in [3.8, 4) is 5.75 Å². The van der Waals surface area contributed by atoms with Crippen molar-refractivity contribution < 1.29 is 22.7 Å². The monoisotopic (exact) mass is 489 g/mol. The van der Waals surface area contributed by atoms with Crippen LogP contribution in [0.3, 0.4) is 0 Å². The van der Waals surface area contributed by atoms with E-state index in [1.807, 2.05) is 38.1 Å². The van der Waals surface area contributed by atoms with Gasteiger partial charge in [0, 0.05) is 13.1 Å². The quantitative estimate of drug-likeness (QED) is 0.462. The van der Waals surface area contributed by atoms with Crippen molar-refractivity contribution in [2.45, 2.75) is 46.2 Å². The fourth-order valence-corrected chi connectivity index (χ4v) is 4.37. The number of amides is 2. The van der Waals surface area contributed by atoms with Crippen molar-refractivity contribution in [1.82, 2.24) is 10.2 Å². The van der Waals surface area contributed by atoms with Gasteiger partial charge in [-0.2, -0.15) is 0 Å². The summed E-state index contributed by atoms with van der Waals surface area (Å²) >= 11 is 0. The van der Waals surface area contributed by atoms with E-state index in [9.17, 15) is 18.0 Å². The molecule has 1 unspecified atom stereocenters. The van der Waals surface area contributed by atoms with Crippen molar-refractivity contribution in [3.63, 3.8) is 0 Å². The largest absolute Gasteiger partial charge is 0.495 e. The number of nitrogens with zero attached hydrogens (tertiary/aromatic N) is 2. The summed E-state index contributed by atoms with van der Waals surface area (Å²) in [4.78, 5) is 27.8. The van der Waals surface area contributed by atoms with Gasteiger partial charge in [-0.1, -0.05) is 49.7 Å². The van der Waals surface area contributed by atoms with Crippen molar-refractivity contribution in [3.05, 3.63) is 59.7 Å². The molecule has 0 bridgehead atoms. The van der Waals surface area contributed by atoms with E-state index in [4.69, 9.17) is 4.74 Å². The fourth-order valence-electron chi connectivity index (χ4n) is 3.52. The SMILES string of the molecule is CCCCNC(=O)C(C)N(Cc1ccccc1C)C(=O)CN(c1ccccc1OC)S(C)(=O)=O. The second kappa shape index (κ2) is 12.4. The van der Waals surface area contributed by atoms with Gasteiger partial charge >= 0.3 is 0 Å². The number of hydrogen-bond donors (Lipinski definition) is 1. The first-order chi connectivity index (χ1) is 16.1. The summed E-state index contributed by atoms with van der Waals surface area (Å²) in [6, 6.07) is 13.4. The summed E-state index contributed by atoms with van der Waals surface area (Å²) in [5.74, 6) is -0.437. The molecule has 0 aliphatic rings. The smallest absolute Gasteiger partial charge is 0.244 e. The van der Waals surface area contributed by atoms with Gasteiger partial charge in [0.25, 0.3) is 0 Å². The Hall–Kier alpha value is -3.07. The summed E-state index contributed by atoms with van der Waals surface area (Å²) in [5, 5.41) is 2.87. The number of hydrogen-bond acceptors (Lipinski definition) is 5. The van der Waals surface area contributed by atoms with E-state index in [1.54, 1.807) is 31.2 Å². The molecule has 2 aromatic rings. The van der Waals surface area contributed by atoms with E-state index < -0.39 is 28.5 Å². The normalized spacial score (nSPS) is 12.0. The van der Waals surface area contributed by atoms with E-state index in [-0.39, 0.29) is 18.1 Å². The molecule has 2 rings (SSSR count). The maximum atomic E-state index is 13.6. The number of para-hydroxylation sites is 2. The summed E-state index contributed by atoms with van der Waals surface area (Å²) in [5.41, 5.74) is 2.12. The molecule has 1 atom stereocenters. The molecule has 0 fully saturated rings. The Morgan fingerprint density at radius 1 is 1.09 bits per heavy atom. The maximum Gasteiger partial charge on any atom is 0.244 e. The van der Waals surface area contributed by atoms with Crippen LogP contribution in [0.5, 0.6) is 5.75 Å². The second-order valence-corrected chi connectivity index (χ2v) is 10.1. The van der Waals surface area contributed by atoms with Gasteiger partial charge in [-0.3, -0.25) is 13.9 Å². The number of unbranched alkanes of at least 4 members (excludes halogenated alkanes) is 1. The number of rotatable bonds is 12. The summed E-state index contributed by atoms with van der Waals surface area (Å²) in [6.45, 7) is 5.85. The molecule has 0 aromatic heterocycles. The van der Waals surface area contributed by atoms with Gasteiger partial charge in [0.05, 0.1) is 19.1 Å². The van der Waals surface area contributed by atoms with Crippen LogP contribution in [0, 0.1) is 6.92 Å². The van der Waals surface area contributed by atoms with Gasteiger partial charge in [-0.05, 0) is 43.5 Å². The third-order valence-corrected chi connectivity index (χ3v) is 6.76. The number of carbonyl (C=O) groups excluding carboxylic acids is 2. The third-order valence-electron chi connectivity index (χ3n) is 5.63. The molecule has 186 valence electrons. The van der Waals surface area contributed by atoms with Crippen LogP contribution in [0.2, 0.25) is 0 Å². The molecule has 1 N–H and O–H groups in total. The van der Waals surface area contributed by atoms with Crippen LogP contribution in [-0.2, 0) is 26.2 Å². The molecule has 0 aliphatic heterocycles. The van der Waals surface area contributed by atoms with E-state index in [2.05, 4.69) is 5.32 Å². The number of methoxy groups -OCH3 is 1. The topological polar surface area (TPSA) is 96.0 Å². The minimum absolute atomic E-state index is 0.178. The van der Waals surface area contributed by atoms with Gasteiger partial charge in [-0.15, -0.1) is 0 Å². The highest BCUT2D eigenvalue weighted by Gasteiger charge is 2.31. The number of nitrogens with one attached hydrogen (secondary N) is 1. The predicted octanol–water partition coefficient (Wildman–Crippen LogP) is 3.10. The van der Waals surface area contributed by atoms with Crippen molar-refractivity contribution in [1.29, 1.82) is 0 Å². The average molecular weight is 490 g/mol.